The van der Waals surface area contributed by atoms with Crippen molar-refractivity contribution >= 4 is 0 Å². The van der Waals surface area contributed by atoms with Crippen LogP contribution in [0.4, 0.5) is 30.7 Å². The standard InChI is InChI=1S/C28H33F7O/c1-2-3-4-5-19-6-8-20(9-7-19)10-11-21-12-14-22(15-13-21)23-16-17-25(24(29)18-23)36-28(34,35)26(30)27(31,32)33/h12-20,26H,2-11H2,1H3. The molecule has 0 N–H and O–H groups in total. The van der Waals surface area contributed by atoms with E-state index in [1.54, 1.807) is 12.1 Å². The maximum atomic E-state index is 14.3. The Morgan fingerprint density at radius 1 is 0.833 bits per heavy atom. The van der Waals surface area contributed by atoms with E-state index in [9.17, 15) is 30.7 Å². The van der Waals surface area contributed by atoms with Crippen LogP contribution in [-0.2, 0) is 6.42 Å². The first kappa shape index (κ1) is 28.3. The Morgan fingerprint density at radius 3 is 1.97 bits per heavy atom. The molecule has 0 saturated heterocycles. The molecule has 1 fully saturated rings. The number of ether oxygens (including phenoxy) is 1. The summed E-state index contributed by atoms with van der Waals surface area (Å²) in [7, 11) is 0. The van der Waals surface area contributed by atoms with E-state index in [4.69, 9.17) is 0 Å². The van der Waals surface area contributed by atoms with Gasteiger partial charge in [0, 0.05) is 0 Å². The largest absolute Gasteiger partial charge is 0.439 e. The SMILES string of the molecule is CCCCCC1CCC(CCc2ccc(-c3ccc(OC(F)(F)C(F)C(F)(F)F)c(F)c3)cc2)CC1. The van der Waals surface area contributed by atoms with Crippen LogP contribution < -0.4 is 4.74 Å². The summed E-state index contributed by atoms with van der Waals surface area (Å²) in [6, 6.07) is 10.3. The van der Waals surface area contributed by atoms with Crippen molar-refractivity contribution < 1.29 is 35.5 Å². The average Bonchev–Trinajstić information content (AvgIpc) is 2.84. The van der Waals surface area contributed by atoms with E-state index in [1.807, 2.05) is 12.1 Å². The predicted molar refractivity (Wildman–Crippen MR) is 126 cm³/mol. The minimum atomic E-state index is -5.84. The van der Waals surface area contributed by atoms with Gasteiger partial charge in [-0.3, -0.25) is 0 Å². The zero-order valence-corrected chi connectivity index (χ0v) is 20.4. The highest BCUT2D eigenvalue weighted by atomic mass is 19.4. The second-order valence-electron chi connectivity index (χ2n) is 9.83. The quantitative estimate of drug-likeness (QED) is 0.213. The van der Waals surface area contributed by atoms with E-state index in [1.165, 1.54) is 57.4 Å². The first-order chi connectivity index (χ1) is 17.0. The highest BCUT2D eigenvalue weighted by Gasteiger charge is 2.59. The summed E-state index contributed by atoms with van der Waals surface area (Å²) in [5.74, 6) is -0.866. The van der Waals surface area contributed by atoms with Gasteiger partial charge in [-0.25, -0.2) is 8.78 Å². The molecule has 0 spiro atoms. The van der Waals surface area contributed by atoms with Gasteiger partial charge in [-0.05, 0) is 53.5 Å². The number of aryl methyl sites for hydroxylation is 1. The van der Waals surface area contributed by atoms with E-state index in [2.05, 4.69) is 11.7 Å². The van der Waals surface area contributed by atoms with E-state index < -0.39 is 30.0 Å². The van der Waals surface area contributed by atoms with Crippen LogP contribution >= 0.6 is 0 Å². The lowest BCUT2D eigenvalue weighted by Gasteiger charge is -2.28. The van der Waals surface area contributed by atoms with Crippen LogP contribution in [-0.4, -0.2) is 18.5 Å². The predicted octanol–water partition coefficient (Wildman–Crippen LogP) is 9.68. The van der Waals surface area contributed by atoms with Crippen LogP contribution in [0.1, 0.15) is 70.3 Å². The summed E-state index contributed by atoms with van der Waals surface area (Å²) >= 11 is 0. The minimum absolute atomic E-state index is 0.337. The van der Waals surface area contributed by atoms with Gasteiger partial charge in [0.15, 0.2) is 11.6 Å². The maximum Gasteiger partial charge on any atom is 0.439 e. The van der Waals surface area contributed by atoms with Crippen molar-refractivity contribution in [3.05, 3.63) is 53.8 Å². The van der Waals surface area contributed by atoms with E-state index >= 15 is 0 Å². The molecule has 200 valence electrons. The number of unbranched alkanes of at least 4 members (excludes halogenated alkanes) is 2. The summed E-state index contributed by atoms with van der Waals surface area (Å²) in [5, 5.41) is 0. The minimum Gasteiger partial charge on any atom is -0.427 e. The van der Waals surface area contributed by atoms with Gasteiger partial charge in [0.2, 0.25) is 0 Å². The number of alkyl halides is 6. The fourth-order valence-corrected chi connectivity index (χ4v) is 4.88. The number of halogens is 7. The van der Waals surface area contributed by atoms with Crippen LogP contribution in [0.25, 0.3) is 11.1 Å². The van der Waals surface area contributed by atoms with E-state index in [0.717, 1.165) is 42.4 Å². The molecule has 0 amide bonds. The molecule has 1 aliphatic rings. The maximum absolute atomic E-state index is 14.3. The van der Waals surface area contributed by atoms with Gasteiger partial charge in [0.05, 0.1) is 0 Å². The summed E-state index contributed by atoms with van der Waals surface area (Å²) in [6.45, 7) is 2.23. The molecule has 0 radical (unpaired) electrons. The molecule has 1 nitrogen and oxygen atoms in total. The fraction of sp³-hybridized carbons (Fsp3) is 0.571. The summed E-state index contributed by atoms with van der Waals surface area (Å²) in [5.41, 5.74) is 2.09. The Balaban J connectivity index is 1.52. The molecule has 2 aromatic rings. The molecule has 0 aromatic heterocycles. The Labute approximate surface area is 208 Å². The molecule has 0 bridgehead atoms. The lowest BCUT2D eigenvalue weighted by Crippen LogP contribution is -2.45. The molecule has 0 aliphatic heterocycles. The second-order valence-corrected chi connectivity index (χ2v) is 9.83. The molecule has 2 aromatic carbocycles. The Bertz CT molecular complexity index is 947. The Kier molecular flexibility index (Phi) is 9.70. The second kappa shape index (κ2) is 12.3. The lowest BCUT2D eigenvalue weighted by atomic mass is 9.78. The number of hydrogen-bond donors (Lipinski definition) is 0. The molecule has 36 heavy (non-hydrogen) atoms. The first-order valence-corrected chi connectivity index (χ1v) is 12.7. The summed E-state index contributed by atoms with van der Waals surface area (Å²) < 4.78 is 94.8. The van der Waals surface area contributed by atoms with Gasteiger partial charge < -0.3 is 4.74 Å². The van der Waals surface area contributed by atoms with Crippen molar-refractivity contribution in [1.29, 1.82) is 0 Å². The first-order valence-electron chi connectivity index (χ1n) is 12.7. The molecule has 1 atom stereocenters. The Morgan fingerprint density at radius 2 is 1.42 bits per heavy atom. The normalized spacial score (nSPS) is 19.8. The van der Waals surface area contributed by atoms with Crippen LogP contribution in [0.5, 0.6) is 5.75 Å². The van der Waals surface area contributed by atoms with Gasteiger partial charge in [-0.2, -0.15) is 22.0 Å². The monoisotopic (exact) mass is 518 g/mol. The van der Waals surface area contributed by atoms with Gasteiger partial charge >= 0.3 is 12.3 Å². The zero-order valence-electron chi connectivity index (χ0n) is 20.4. The lowest BCUT2D eigenvalue weighted by molar-refractivity contribution is -0.305. The van der Waals surface area contributed by atoms with Crippen molar-refractivity contribution in [1.82, 2.24) is 0 Å². The zero-order chi connectivity index (χ0) is 26.3. The van der Waals surface area contributed by atoms with Crippen molar-refractivity contribution in [3.63, 3.8) is 0 Å². The van der Waals surface area contributed by atoms with Crippen LogP contribution in [0.2, 0.25) is 0 Å². The average molecular weight is 519 g/mol. The molecule has 1 unspecified atom stereocenters. The van der Waals surface area contributed by atoms with Crippen LogP contribution in [0.3, 0.4) is 0 Å². The summed E-state index contributed by atoms with van der Waals surface area (Å²) in [4.78, 5) is 0. The van der Waals surface area contributed by atoms with E-state index in [0.29, 0.717) is 11.1 Å². The van der Waals surface area contributed by atoms with Crippen LogP contribution in [0.15, 0.2) is 42.5 Å². The highest BCUT2D eigenvalue weighted by Crippen LogP contribution is 2.38. The topological polar surface area (TPSA) is 9.23 Å². The number of hydrogen-bond acceptors (Lipinski definition) is 1. The van der Waals surface area contributed by atoms with Crippen molar-refractivity contribution in [2.75, 3.05) is 0 Å². The Hall–Kier alpha value is -2.25. The smallest absolute Gasteiger partial charge is 0.427 e. The molecule has 8 heteroatoms. The molecular formula is C28H33F7O. The highest BCUT2D eigenvalue weighted by molar-refractivity contribution is 5.64. The number of benzene rings is 2. The van der Waals surface area contributed by atoms with Crippen molar-refractivity contribution in [2.45, 2.75) is 89.6 Å². The van der Waals surface area contributed by atoms with Crippen molar-refractivity contribution in [3.8, 4) is 16.9 Å². The summed E-state index contributed by atoms with van der Waals surface area (Å²) in [6.07, 6.45) is -3.19. The van der Waals surface area contributed by atoms with E-state index in [-0.39, 0.29) is 0 Å². The number of rotatable bonds is 11. The van der Waals surface area contributed by atoms with Crippen LogP contribution in [0, 0.1) is 17.7 Å². The van der Waals surface area contributed by atoms with Gasteiger partial charge in [-0.1, -0.05) is 88.6 Å². The third kappa shape index (κ3) is 7.87. The van der Waals surface area contributed by atoms with Gasteiger partial charge in [0.25, 0.3) is 6.17 Å². The fourth-order valence-electron chi connectivity index (χ4n) is 4.88. The van der Waals surface area contributed by atoms with Crippen molar-refractivity contribution in [2.24, 2.45) is 11.8 Å². The molecular weight excluding hydrogens is 485 g/mol. The molecule has 0 heterocycles. The molecule has 1 aliphatic carbocycles. The molecule has 1 saturated carbocycles. The third-order valence-electron chi connectivity index (χ3n) is 7.07. The van der Waals surface area contributed by atoms with Gasteiger partial charge in [0.1, 0.15) is 0 Å². The molecule has 3 rings (SSSR count). The third-order valence-corrected chi connectivity index (χ3v) is 7.07. The van der Waals surface area contributed by atoms with Gasteiger partial charge in [-0.15, -0.1) is 0 Å².